The molecule has 1 aromatic rings. The Kier molecular flexibility index (Phi) is 2.78. The summed E-state index contributed by atoms with van der Waals surface area (Å²) in [6, 6.07) is 3.24. The van der Waals surface area contributed by atoms with Gasteiger partial charge in [0.05, 0.1) is 0 Å². The smallest absolute Gasteiger partial charge is 0.248 e. The molecule has 0 saturated heterocycles. The second-order valence-electron chi connectivity index (χ2n) is 4.36. The predicted molar refractivity (Wildman–Crippen MR) is 62.0 cm³/mol. The molecule has 1 aliphatic carbocycles. The van der Waals surface area contributed by atoms with E-state index in [2.05, 4.69) is 10.3 Å². The summed E-state index contributed by atoms with van der Waals surface area (Å²) in [6.07, 6.45) is 4.82. The summed E-state index contributed by atoms with van der Waals surface area (Å²) in [5.41, 5.74) is 11.6. The van der Waals surface area contributed by atoms with Crippen molar-refractivity contribution in [3.05, 3.63) is 23.9 Å². The van der Waals surface area contributed by atoms with Gasteiger partial charge in [-0.05, 0) is 31.4 Å². The zero-order valence-electron chi connectivity index (χ0n) is 9.07. The van der Waals surface area contributed by atoms with Crippen LogP contribution in [0, 0.1) is 0 Å². The van der Waals surface area contributed by atoms with Crippen molar-refractivity contribution in [2.45, 2.75) is 24.8 Å². The highest BCUT2D eigenvalue weighted by molar-refractivity contribution is 5.93. The molecule has 0 aliphatic heterocycles. The van der Waals surface area contributed by atoms with E-state index < -0.39 is 5.91 Å². The number of pyridine rings is 1. The maximum absolute atomic E-state index is 11.0. The summed E-state index contributed by atoms with van der Waals surface area (Å²) in [6.45, 7) is 0.683. The number of carbonyl (C=O) groups excluding carboxylic acids is 1. The number of primary amides is 1. The number of hydrogen-bond acceptors (Lipinski definition) is 4. The third kappa shape index (κ3) is 2.30. The van der Waals surface area contributed by atoms with Crippen molar-refractivity contribution < 1.29 is 4.79 Å². The molecule has 0 spiro atoms. The van der Waals surface area contributed by atoms with Gasteiger partial charge in [0.2, 0.25) is 5.91 Å². The molecule has 0 atom stereocenters. The van der Waals surface area contributed by atoms with Crippen molar-refractivity contribution in [3.63, 3.8) is 0 Å². The van der Waals surface area contributed by atoms with E-state index in [1.54, 1.807) is 18.3 Å². The van der Waals surface area contributed by atoms with E-state index in [9.17, 15) is 4.79 Å². The monoisotopic (exact) mass is 220 g/mol. The molecule has 1 heterocycles. The Morgan fingerprint density at radius 1 is 1.56 bits per heavy atom. The van der Waals surface area contributed by atoms with Gasteiger partial charge < -0.3 is 16.8 Å². The topological polar surface area (TPSA) is 94.0 Å². The van der Waals surface area contributed by atoms with Crippen molar-refractivity contribution in [1.29, 1.82) is 0 Å². The Hall–Kier alpha value is -1.62. The van der Waals surface area contributed by atoms with Crippen LogP contribution >= 0.6 is 0 Å². The molecule has 0 bridgehead atoms. The van der Waals surface area contributed by atoms with Gasteiger partial charge in [-0.2, -0.15) is 0 Å². The molecule has 16 heavy (non-hydrogen) atoms. The van der Waals surface area contributed by atoms with Gasteiger partial charge in [0.25, 0.3) is 0 Å². The van der Waals surface area contributed by atoms with Crippen LogP contribution in [0.5, 0.6) is 0 Å². The van der Waals surface area contributed by atoms with E-state index in [-0.39, 0.29) is 5.54 Å². The summed E-state index contributed by atoms with van der Waals surface area (Å²) >= 11 is 0. The van der Waals surface area contributed by atoms with E-state index in [0.29, 0.717) is 17.9 Å². The van der Waals surface area contributed by atoms with Crippen molar-refractivity contribution >= 4 is 11.7 Å². The Balaban J connectivity index is 1.98. The quantitative estimate of drug-likeness (QED) is 0.687. The molecule has 5 heteroatoms. The largest absolute Gasteiger partial charge is 0.368 e. The Morgan fingerprint density at radius 3 is 2.88 bits per heavy atom. The minimum Gasteiger partial charge on any atom is -0.368 e. The van der Waals surface area contributed by atoms with E-state index in [4.69, 9.17) is 11.5 Å². The minimum absolute atomic E-state index is 0.107. The van der Waals surface area contributed by atoms with Crippen LogP contribution in [-0.2, 0) is 0 Å². The average Bonchev–Trinajstić information content (AvgIpc) is 2.24. The highest BCUT2D eigenvalue weighted by atomic mass is 16.1. The molecule has 0 radical (unpaired) electrons. The van der Waals surface area contributed by atoms with Crippen LogP contribution in [-0.4, -0.2) is 23.0 Å². The normalized spacial score (nSPS) is 17.6. The molecule has 86 valence electrons. The lowest BCUT2D eigenvalue weighted by molar-refractivity contribution is 0.1000. The van der Waals surface area contributed by atoms with E-state index >= 15 is 0 Å². The van der Waals surface area contributed by atoms with Gasteiger partial charge in [-0.3, -0.25) is 4.79 Å². The predicted octanol–water partition coefficient (Wildman–Crippen LogP) is 0.474. The molecule has 1 aliphatic rings. The van der Waals surface area contributed by atoms with E-state index in [0.717, 1.165) is 12.8 Å². The minimum atomic E-state index is -0.448. The summed E-state index contributed by atoms with van der Waals surface area (Å²) < 4.78 is 0. The van der Waals surface area contributed by atoms with Gasteiger partial charge in [-0.25, -0.2) is 4.98 Å². The molecule has 5 N–H and O–H groups in total. The fourth-order valence-corrected chi connectivity index (χ4v) is 1.75. The third-order valence-electron chi connectivity index (χ3n) is 3.02. The van der Waals surface area contributed by atoms with Crippen LogP contribution in [0.3, 0.4) is 0 Å². The summed E-state index contributed by atoms with van der Waals surface area (Å²) in [5.74, 6) is 0.199. The fourth-order valence-electron chi connectivity index (χ4n) is 1.75. The number of nitrogens with one attached hydrogen (secondary N) is 1. The van der Waals surface area contributed by atoms with Crippen molar-refractivity contribution in [2.75, 3.05) is 11.9 Å². The fraction of sp³-hybridized carbons (Fsp3) is 0.455. The molecule has 1 fully saturated rings. The number of nitrogens with zero attached hydrogens (tertiary/aromatic N) is 1. The zero-order valence-corrected chi connectivity index (χ0v) is 9.07. The molecular weight excluding hydrogens is 204 g/mol. The molecule has 2 rings (SSSR count). The standard InChI is InChI=1S/C11H16N4O/c12-10(16)8-2-5-14-9(6-8)15-7-11(13)3-1-4-11/h2,5-6H,1,3-4,7,13H2,(H2,12,16)(H,14,15). The van der Waals surface area contributed by atoms with Crippen LogP contribution < -0.4 is 16.8 Å². The van der Waals surface area contributed by atoms with Gasteiger partial charge in [0, 0.05) is 23.8 Å². The zero-order chi connectivity index (χ0) is 11.6. The molecule has 0 unspecified atom stereocenters. The molecule has 1 amide bonds. The van der Waals surface area contributed by atoms with Gasteiger partial charge in [0.1, 0.15) is 5.82 Å². The molecule has 1 aromatic heterocycles. The lowest BCUT2D eigenvalue weighted by Gasteiger charge is -2.38. The lowest BCUT2D eigenvalue weighted by Crippen LogP contribution is -2.52. The highest BCUT2D eigenvalue weighted by Gasteiger charge is 2.32. The summed E-state index contributed by atoms with van der Waals surface area (Å²) in [5, 5.41) is 3.14. The van der Waals surface area contributed by atoms with Crippen LogP contribution in [0.25, 0.3) is 0 Å². The lowest BCUT2D eigenvalue weighted by atomic mass is 9.78. The highest BCUT2D eigenvalue weighted by Crippen LogP contribution is 2.28. The average molecular weight is 220 g/mol. The van der Waals surface area contributed by atoms with Crippen LogP contribution in [0.2, 0.25) is 0 Å². The Labute approximate surface area is 94.2 Å². The number of rotatable bonds is 4. The van der Waals surface area contributed by atoms with Crippen LogP contribution in [0.1, 0.15) is 29.6 Å². The number of aromatic nitrogens is 1. The number of hydrogen-bond donors (Lipinski definition) is 3. The van der Waals surface area contributed by atoms with Crippen molar-refractivity contribution in [3.8, 4) is 0 Å². The maximum atomic E-state index is 11.0. The van der Waals surface area contributed by atoms with Gasteiger partial charge in [0.15, 0.2) is 0 Å². The molecule has 1 saturated carbocycles. The van der Waals surface area contributed by atoms with E-state index in [1.165, 1.54) is 6.42 Å². The molecular formula is C11H16N4O. The second kappa shape index (κ2) is 4.09. The SMILES string of the molecule is NC(=O)c1ccnc(NCC2(N)CCC2)c1. The summed E-state index contributed by atoms with van der Waals surface area (Å²) in [7, 11) is 0. The van der Waals surface area contributed by atoms with Crippen LogP contribution in [0.15, 0.2) is 18.3 Å². The van der Waals surface area contributed by atoms with Crippen LogP contribution in [0.4, 0.5) is 5.82 Å². The first-order valence-electron chi connectivity index (χ1n) is 5.38. The summed E-state index contributed by atoms with van der Waals surface area (Å²) in [4.78, 5) is 15.1. The Morgan fingerprint density at radius 2 is 2.31 bits per heavy atom. The van der Waals surface area contributed by atoms with Gasteiger partial charge >= 0.3 is 0 Å². The van der Waals surface area contributed by atoms with Gasteiger partial charge in [-0.1, -0.05) is 0 Å². The second-order valence-corrected chi connectivity index (χ2v) is 4.36. The van der Waals surface area contributed by atoms with E-state index in [1.807, 2.05) is 0 Å². The first kappa shape index (κ1) is 10.9. The van der Waals surface area contributed by atoms with Gasteiger partial charge in [-0.15, -0.1) is 0 Å². The number of nitrogens with two attached hydrogens (primary N) is 2. The number of carbonyl (C=O) groups is 1. The first-order valence-corrected chi connectivity index (χ1v) is 5.38. The molecule has 5 nitrogen and oxygen atoms in total. The molecule has 0 aromatic carbocycles. The maximum Gasteiger partial charge on any atom is 0.248 e. The Bertz CT molecular complexity index is 401. The number of amides is 1. The third-order valence-corrected chi connectivity index (χ3v) is 3.02. The first-order chi connectivity index (χ1) is 7.59. The number of anilines is 1. The van der Waals surface area contributed by atoms with Crippen molar-refractivity contribution in [1.82, 2.24) is 4.98 Å². The van der Waals surface area contributed by atoms with Crippen molar-refractivity contribution in [2.24, 2.45) is 11.5 Å².